The molecule has 1 atom stereocenters. The Morgan fingerprint density at radius 3 is 2.84 bits per heavy atom. The summed E-state index contributed by atoms with van der Waals surface area (Å²) in [7, 11) is 3.55. The number of ether oxygens (including phenoxy) is 1. The molecule has 0 saturated carbocycles. The minimum Gasteiger partial charge on any atom is -0.462 e. The Bertz CT molecular complexity index is 556. The molecule has 1 aromatic carbocycles. The summed E-state index contributed by atoms with van der Waals surface area (Å²) >= 11 is 8.38. The molecule has 1 heterocycles. The fraction of sp³-hybridized carbons (Fsp3) is 0.286. The lowest BCUT2D eigenvalue weighted by atomic mass is 10.1. The lowest BCUT2D eigenvalue weighted by Gasteiger charge is -2.16. The molecule has 0 radical (unpaired) electrons. The number of furan rings is 1. The molecule has 0 aliphatic carbocycles. The van der Waals surface area contributed by atoms with Crippen LogP contribution in [0, 0.1) is 3.57 Å². The van der Waals surface area contributed by atoms with Crippen molar-refractivity contribution >= 4 is 34.2 Å². The Morgan fingerprint density at radius 2 is 2.16 bits per heavy atom. The van der Waals surface area contributed by atoms with E-state index in [4.69, 9.17) is 20.8 Å². The number of halogens is 2. The van der Waals surface area contributed by atoms with E-state index in [0.717, 1.165) is 25.7 Å². The molecule has 2 rings (SSSR count). The highest BCUT2D eigenvalue weighted by molar-refractivity contribution is 14.1. The Hall–Kier alpha value is -0.560. The van der Waals surface area contributed by atoms with Gasteiger partial charge in [0.05, 0.1) is 6.04 Å². The monoisotopic (exact) mass is 391 g/mol. The molecule has 102 valence electrons. The van der Waals surface area contributed by atoms with Crippen LogP contribution in [-0.4, -0.2) is 14.2 Å². The number of nitrogens with one attached hydrogen (secondary N) is 1. The van der Waals surface area contributed by atoms with Gasteiger partial charge in [-0.05, 0) is 65.5 Å². The lowest BCUT2D eigenvalue weighted by Crippen LogP contribution is -2.18. The molecule has 0 amide bonds. The van der Waals surface area contributed by atoms with Crippen LogP contribution in [0.5, 0.6) is 0 Å². The normalized spacial score (nSPS) is 12.6. The fourth-order valence-corrected chi connectivity index (χ4v) is 2.78. The topological polar surface area (TPSA) is 34.4 Å². The first kappa shape index (κ1) is 14.8. The summed E-state index contributed by atoms with van der Waals surface area (Å²) < 4.78 is 12.0. The Labute approximate surface area is 131 Å². The molecule has 3 nitrogen and oxygen atoms in total. The predicted molar refractivity (Wildman–Crippen MR) is 84.5 cm³/mol. The van der Waals surface area contributed by atoms with Crippen molar-refractivity contribution in [2.75, 3.05) is 14.2 Å². The maximum absolute atomic E-state index is 6.08. The first-order valence-corrected chi connectivity index (χ1v) is 7.31. The van der Waals surface area contributed by atoms with Crippen molar-refractivity contribution in [2.45, 2.75) is 12.6 Å². The van der Waals surface area contributed by atoms with E-state index in [1.54, 1.807) is 7.11 Å². The SMILES string of the molecule is CNC(c1ccc(COC)o1)c1cc(Cl)ccc1I. The minimum absolute atomic E-state index is 0.0174. The fourth-order valence-electron chi connectivity index (χ4n) is 1.96. The van der Waals surface area contributed by atoms with Crippen LogP contribution in [-0.2, 0) is 11.3 Å². The van der Waals surface area contributed by atoms with E-state index >= 15 is 0 Å². The van der Waals surface area contributed by atoms with E-state index in [9.17, 15) is 0 Å². The molecule has 1 unspecified atom stereocenters. The molecule has 1 N–H and O–H groups in total. The lowest BCUT2D eigenvalue weighted by molar-refractivity contribution is 0.162. The van der Waals surface area contributed by atoms with Crippen LogP contribution in [0.1, 0.15) is 23.1 Å². The summed E-state index contributed by atoms with van der Waals surface area (Å²) in [5.41, 5.74) is 1.11. The summed E-state index contributed by atoms with van der Waals surface area (Å²) in [6.07, 6.45) is 0. The number of rotatable bonds is 5. The number of hydrogen-bond donors (Lipinski definition) is 1. The summed E-state index contributed by atoms with van der Waals surface area (Å²) in [6.45, 7) is 0.475. The highest BCUT2D eigenvalue weighted by atomic mass is 127. The zero-order valence-corrected chi connectivity index (χ0v) is 13.7. The van der Waals surface area contributed by atoms with Crippen molar-refractivity contribution in [1.29, 1.82) is 0 Å². The van der Waals surface area contributed by atoms with E-state index in [-0.39, 0.29) is 6.04 Å². The third-order valence-electron chi connectivity index (χ3n) is 2.81. The second-order valence-corrected chi connectivity index (χ2v) is 5.72. The zero-order chi connectivity index (χ0) is 13.8. The molecule has 5 heteroatoms. The van der Waals surface area contributed by atoms with Crippen LogP contribution in [0.15, 0.2) is 34.7 Å². The van der Waals surface area contributed by atoms with Crippen LogP contribution in [0.3, 0.4) is 0 Å². The van der Waals surface area contributed by atoms with Gasteiger partial charge in [0, 0.05) is 15.7 Å². The maximum atomic E-state index is 6.08. The molecule has 0 bridgehead atoms. The molecule has 2 aromatic rings. The zero-order valence-electron chi connectivity index (χ0n) is 10.7. The first-order valence-electron chi connectivity index (χ1n) is 5.85. The molecule has 0 spiro atoms. The molecular weight excluding hydrogens is 377 g/mol. The van der Waals surface area contributed by atoms with Crippen LogP contribution >= 0.6 is 34.2 Å². The van der Waals surface area contributed by atoms with Gasteiger partial charge in [0.25, 0.3) is 0 Å². The van der Waals surface area contributed by atoms with Gasteiger partial charge >= 0.3 is 0 Å². The average Bonchev–Trinajstić information content (AvgIpc) is 2.83. The second kappa shape index (κ2) is 6.74. The van der Waals surface area contributed by atoms with Gasteiger partial charge in [-0.1, -0.05) is 11.6 Å². The van der Waals surface area contributed by atoms with Crippen molar-refractivity contribution < 1.29 is 9.15 Å². The summed E-state index contributed by atoms with van der Waals surface area (Å²) in [4.78, 5) is 0. The van der Waals surface area contributed by atoms with Crippen molar-refractivity contribution in [3.63, 3.8) is 0 Å². The number of hydrogen-bond acceptors (Lipinski definition) is 3. The Kier molecular flexibility index (Phi) is 5.27. The molecule has 1 aromatic heterocycles. The quantitative estimate of drug-likeness (QED) is 0.783. The van der Waals surface area contributed by atoms with Crippen molar-refractivity contribution in [2.24, 2.45) is 0 Å². The van der Waals surface area contributed by atoms with Crippen LogP contribution in [0.4, 0.5) is 0 Å². The van der Waals surface area contributed by atoms with Crippen LogP contribution < -0.4 is 5.32 Å². The number of methoxy groups -OCH3 is 1. The standard InChI is InChI=1S/C14H15ClINO2/c1-17-14(11-7-9(15)3-5-12(11)16)13-6-4-10(19-13)8-18-2/h3-7,14,17H,8H2,1-2H3. The van der Waals surface area contributed by atoms with Crippen LogP contribution in [0.2, 0.25) is 5.02 Å². The maximum Gasteiger partial charge on any atom is 0.129 e. The molecule has 0 aliphatic heterocycles. The van der Waals surface area contributed by atoms with Gasteiger partial charge < -0.3 is 14.5 Å². The summed E-state index contributed by atoms with van der Waals surface area (Å²) in [5, 5.41) is 3.98. The van der Waals surface area contributed by atoms with Crippen molar-refractivity contribution in [3.8, 4) is 0 Å². The average molecular weight is 392 g/mol. The second-order valence-electron chi connectivity index (χ2n) is 4.12. The molecule has 0 fully saturated rings. The van der Waals surface area contributed by atoms with Crippen molar-refractivity contribution in [3.05, 3.63) is 56.0 Å². The number of benzene rings is 1. The van der Waals surface area contributed by atoms with Gasteiger partial charge in [0.1, 0.15) is 18.1 Å². The van der Waals surface area contributed by atoms with Gasteiger partial charge in [-0.2, -0.15) is 0 Å². The smallest absolute Gasteiger partial charge is 0.129 e. The van der Waals surface area contributed by atoms with Gasteiger partial charge in [0.15, 0.2) is 0 Å². The first-order chi connectivity index (χ1) is 9.15. The van der Waals surface area contributed by atoms with Gasteiger partial charge in [-0.3, -0.25) is 0 Å². The van der Waals surface area contributed by atoms with E-state index in [1.165, 1.54) is 0 Å². The molecule has 0 aliphatic rings. The third-order valence-corrected chi connectivity index (χ3v) is 4.03. The van der Waals surface area contributed by atoms with Gasteiger partial charge in [-0.15, -0.1) is 0 Å². The summed E-state index contributed by atoms with van der Waals surface area (Å²) in [6, 6.07) is 9.73. The van der Waals surface area contributed by atoms with E-state index in [2.05, 4.69) is 27.9 Å². The van der Waals surface area contributed by atoms with Crippen LogP contribution in [0.25, 0.3) is 0 Å². The largest absolute Gasteiger partial charge is 0.462 e. The highest BCUT2D eigenvalue weighted by Gasteiger charge is 2.19. The van der Waals surface area contributed by atoms with E-state index in [0.29, 0.717) is 6.61 Å². The van der Waals surface area contributed by atoms with Gasteiger partial charge in [0.2, 0.25) is 0 Å². The molecule has 19 heavy (non-hydrogen) atoms. The highest BCUT2D eigenvalue weighted by Crippen LogP contribution is 2.29. The third kappa shape index (κ3) is 3.51. The van der Waals surface area contributed by atoms with E-state index in [1.807, 2.05) is 37.4 Å². The summed E-state index contributed by atoms with van der Waals surface area (Å²) in [5.74, 6) is 1.67. The van der Waals surface area contributed by atoms with Crippen molar-refractivity contribution in [1.82, 2.24) is 5.32 Å². The van der Waals surface area contributed by atoms with Gasteiger partial charge in [-0.25, -0.2) is 0 Å². The molecule has 0 saturated heterocycles. The Balaban J connectivity index is 2.35. The van der Waals surface area contributed by atoms with E-state index < -0.39 is 0 Å². The minimum atomic E-state index is -0.0174. The predicted octanol–water partition coefficient (Wildman–Crippen LogP) is 3.99. The Morgan fingerprint density at radius 1 is 1.37 bits per heavy atom. The molecular formula is C14H15ClINO2.